The summed E-state index contributed by atoms with van der Waals surface area (Å²) in [6.07, 6.45) is 1.69. The first-order valence-corrected chi connectivity index (χ1v) is 11.3. The molecule has 11 heteroatoms. The highest BCUT2D eigenvalue weighted by Crippen LogP contribution is 2.34. The normalized spacial score (nSPS) is 18.0. The molecule has 1 aliphatic heterocycles. The minimum absolute atomic E-state index is 0.0374. The summed E-state index contributed by atoms with van der Waals surface area (Å²) in [5.74, 6) is -1.04. The molecule has 1 fully saturated rings. The Morgan fingerprint density at radius 3 is 2.33 bits per heavy atom. The summed E-state index contributed by atoms with van der Waals surface area (Å²) in [6, 6.07) is 9.14. The molecule has 3 aromatic rings. The number of sulfone groups is 1. The van der Waals surface area contributed by atoms with Crippen molar-refractivity contribution in [3.05, 3.63) is 65.9 Å². The highest BCUT2D eigenvalue weighted by atomic mass is 32.2. The number of carbonyl (C=O) groups is 2. The van der Waals surface area contributed by atoms with Gasteiger partial charge in [-0.1, -0.05) is 25.1 Å². The topological polar surface area (TPSA) is 96.4 Å². The fourth-order valence-corrected chi connectivity index (χ4v) is 4.78. The lowest BCUT2D eigenvalue weighted by molar-refractivity contribution is -0.118. The third-order valence-corrected chi connectivity index (χ3v) is 7.15. The van der Waals surface area contributed by atoms with Crippen molar-refractivity contribution in [2.75, 3.05) is 4.90 Å². The molecule has 0 radical (unpaired) electrons. The predicted octanol–water partition coefficient (Wildman–Crippen LogP) is 4.07. The van der Waals surface area contributed by atoms with E-state index in [1.807, 2.05) is 31.2 Å². The lowest BCUT2D eigenvalue weighted by Crippen LogP contribution is -2.35. The van der Waals surface area contributed by atoms with E-state index < -0.39 is 44.1 Å². The molecule has 2 heterocycles. The molecule has 0 spiro atoms. The summed E-state index contributed by atoms with van der Waals surface area (Å²) in [6.45, 7) is 3.64. The van der Waals surface area contributed by atoms with E-state index in [1.165, 1.54) is 0 Å². The van der Waals surface area contributed by atoms with Crippen LogP contribution in [0.3, 0.4) is 0 Å². The van der Waals surface area contributed by atoms with Crippen LogP contribution in [0.25, 0.3) is 10.9 Å². The van der Waals surface area contributed by atoms with E-state index in [4.69, 9.17) is 0 Å². The van der Waals surface area contributed by atoms with Gasteiger partial charge in [0, 0.05) is 17.5 Å². The van der Waals surface area contributed by atoms with Gasteiger partial charge in [0.2, 0.25) is 0 Å². The number of fused-ring (bicyclic) bond motifs is 1. The van der Waals surface area contributed by atoms with Crippen LogP contribution in [-0.2, 0) is 14.6 Å². The Hall–Kier alpha value is -3.47. The Labute approximate surface area is 187 Å². The molecule has 1 saturated heterocycles. The molecular formula is C22H18F3N3O4S. The van der Waals surface area contributed by atoms with Gasteiger partial charge in [0.1, 0.15) is 6.04 Å². The van der Waals surface area contributed by atoms with Crippen molar-refractivity contribution in [1.29, 1.82) is 0 Å². The van der Waals surface area contributed by atoms with E-state index in [0.717, 1.165) is 51.2 Å². The molecule has 1 aromatic heterocycles. The maximum Gasteiger partial charge on any atom is 0.501 e. The zero-order valence-corrected chi connectivity index (χ0v) is 18.2. The Balaban J connectivity index is 1.66. The maximum absolute atomic E-state index is 13.1. The second kappa shape index (κ2) is 7.84. The number of hydrogen-bond acceptors (Lipinski definition) is 5. The highest BCUT2D eigenvalue weighted by Gasteiger charge is 2.47. The number of rotatable bonds is 4. The molecule has 2 unspecified atom stereocenters. The molecule has 0 bridgehead atoms. The van der Waals surface area contributed by atoms with Crippen molar-refractivity contribution < 1.29 is 31.2 Å². The van der Waals surface area contributed by atoms with Crippen LogP contribution in [0.1, 0.15) is 24.0 Å². The molecule has 2 atom stereocenters. The number of nitrogens with zero attached hydrogens (tertiary/aromatic N) is 2. The first kappa shape index (κ1) is 22.7. The first-order valence-electron chi connectivity index (χ1n) is 9.83. The van der Waals surface area contributed by atoms with Gasteiger partial charge in [0.05, 0.1) is 16.1 Å². The standard InChI is InChI=1S/C22H18F3N3O4S/c1-12-11-26-17-6-4-3-5-16(17)18(12)13(2)19-20(29)28(21(30)27-19)14-7-9-15(10-8-14)33(31,32)22(23,24)25/h3-11,13,19H,1-2H3,(H,27,30). The number of urea groups is 1. The third-order valence-electron chi connectivity index (χ3n) is 5.65. The quantitative estimate of drug-likeness (QED) is 0.572. The van der Waals surface area contributed by atoms with Crippen LogP contribution in [0.5, 0.6) is 0 Å². The zero-order chi connectivity index (χ0) is 24.1. The Kier molecular flexibility index (Phi) is 5.39. The predicted molar refractivity (Wildman–Crippen MR) is 114 cm³/mol. The number of benzene rings is 2. The highest BCUT2D eigenvalue weighted by molar-refractivity contribution is 7.92. The van der Waals surface area contributed by atoms with Crippen LogP contribution in [0.15, 0.2) is 59.6 Å². The fraction of sp³-hybridized carbons (Fsp3) is 0.227. The number of pyridine rings is 1. The Bertz CT molecular complexity index is 1370. The number of amides is 3. The van der Waals surface area contributed by atoms with Gasteiger partial charge in [-0.2, -0.15) is 13.2 Å². The number of halogens is 3. The molecule has 2 aromatic carbocycles. The van der Waals surface area contributed by atoms with Gasteiger partial charge in [0.15, 0.2) is 0 Å². The summed E-state index contributed by atoms with van der Waals surface area (Å²) in [5, 5.41) is 3.47. The summed E-state index contributed by atoms with van der Waals surface area (Å²) in [4.78, 5) is 30.0. The van der Waals surface area contributed by atoms with E-state index in [1.54, 1.807) is 13.1 Å². The van der Waals surface area contributed by atoms with Crippen LogP contribution in [0.2, 0.25) is 0 Å². The molecule has 0 saturated carbocycles. The molecule has 0 aliphatic carbocycles. The number of anilines is 1. The number of para-hydroxylation sites is 1. The molecule has 3 amide bonds. The van der Waals surface area contributed by atoms with Crippen LogP contribution in [0, 0.1) is 6.92 Å². The van der Waals surface area contributed by atoms with Crippen LogP contribution >= 0.6 is 0 Å². The number of hydrogen-bond donors (Lipinski definition) is 1. The van der Waals surface area contributed by atoms with Crippen molar-refractivity contribution in [2.45, 2.75) is 36.2 Å². The van der Waals surface area contributed by atoms with Gasteiger partial charge in [-0.25, -0.2) is 18.1 Å². The summed E-state index contributed by atoms with van der Waals surface area (Å²) < 4.78 is 61.4. The smallest absolute Gasteiger partial charge is 0.325 e. The lowest BCUT2D eigenvalue weighted by atomic mass is 9.88. The van der Waals surface area contributed by atoms with Crippen molar-refractivity contribution in [1.82, 2.24) is 10.3 Å². The summed E-state index contributed by atoms with van der Waals surface area (Å²) in [7, 11) is -5.54. The van der Waals surface area contributed by atoms with E-state index in [-0.39, 0.29) is 5.69 Å². The average Bonchev–Trinajstić information content (AvgIpc) is 3.06. The minimum Gasteiger partial charge on any atom is -0.325 e. The van der Waals surface area contributed by atoms with Gasteiger partial charge in [-0.15, -0.1) is 0 Å². The number of aromatic nitrogens is 1. The molecule has 7 nitrogen and oxygen atoms in total. The molecule has 172 valence electrons. The number of carbonyl (C=O) groups excluding carboxylic acids is 2. The SMILES string of the molecule is Cc1cnc2ccccc2c1C(C)C1NC(=O)N(c2ccc(S(=O)(=O)C(F)(F)F)cc2)C1=O. The second-order valence-corrected chi connectivity index (χ2v) is 9.65. The molecular weight excluding hydrogens is 459 g/mol. The number of imide groups is 1. The second-order valence-electron chi connectivity index (χ2n) is 7.70. The van der Waals surface area contributed by atoms with E-state index in [2.05, 4.69) is 10.3 Å². The third kappa shape index (κ3) is 3.71. The monoisotopic (exact) mass is 477 g/mol. The van der Waals surface area contributed by atoms with Gasteiger partial charge in [0.25, 0.3) is 15.7 Å². The van der Waals surface area contributed by atoms with Gasteiger partial charge >= 0.3 is 11.5 Å². The van der Waals surface area contributed by atoms with Crippen LogP contribution < -0.4 is 10.2 Å². The molecule has 1 aliphatic rings. The van der Waals surface area contributed by atoms with Crippen molar-refractivity contribution in [3.63, 3.8) is 0 Å². The molecule has 1 N–H and O–H groups in total. The van der Waals surface area contributed by atoms with Gasteiger partial charge < -0.3 is 5.32 Å². The van der Waals surface area contributed by atoms with E-state index >= 15 is 0 Å². The van der Waals surface area contributed by atoms with Crippen molar-refractivity contribution in [3.8, 4) is 0 Å². The van der Waals surface area contributed by atoms with Crippen molar-refractivity contribution in [2.24, 2.45) is 0 Å². The number of alkyl halides is 3. The first-order chi connectivity index (χ1) is 15.4. The lowest BCUT2D eigenvalue weighted by Gasteiger charge is -2.21. The van der Waals surface area contributed by atoms with Gasteiger partial charge in [-0.05, 0) is 48.4 Å². The van der Waals surface area contributed by atoms with E-state index in [0.29, 0.717) is 0 Å². The van der Waals surface area contributed by atoms with E-state index in [9.17, 15) is 31.2 Å². The van der Waals surface area contributed by atoms with Gasteiger partial charge in [-0.3, -0.25) is 9.78 Å². The Morgan fingerprint density at radius 1 is 1.06 bits per heavy atom. The number of aryl methyl sites for hydroxylation is 1. The summed E-state index contributed by atoms with van der Waals surface area (Å²) >= 11 is 0. The summed E-state index contributed by atoms with van der Waals surface area (Å²) in [5.41, 5.74) is -3.08. The largest absolute Gasteiger partial charge is 0.501 e. The van der Waals surface area contributed by atoms with Crippen LogP contribution in [-0.4, -0.2) is 36.9 Å². The minimum atomic E-state index is -5.54. The van der Waals surface area contributed by atoms with Crippen LogP contribution in [0.4, 0.5) is 23.7 Å². The fourth-order valence-electron chi connectivity index (χ4n) is 4.02. The zero-order valence-electron chi connectivity index (χ0n) is 17.4. The molecule has 4 rings (SSSR count). The average molecular weight is 477 g/mol. The Morgan fingerprint density at radius 2 is 1.70 bits per heavy atom. The van der Waals surface area contributed by atoms with Crippen molar-refractivity contribution >= 4 is 38.4 Å². The maximum atomic E-state index is 13.1. The molecule has 33 heavy (non-hydrogen) atoms. The number of nitrogens with one attached hydrogen (secondary N) is 1.